The van der Waals surface area contributed by atoms with Gasteiger partial charge in [-0.3, -0.25) is 9.69 Å². The Balaban J connectivity index is 2.18. The molecule has 1 atom stereocenters. The van der Waals surface area contributed by atoms with Gasteiger partial charge in [0, 0.05) is 31.7 Å². The lowest BCUT2D eigenvalue weighted by molar-refractivity contribution is -0.159. The van der Waals surface area contributed by atoms with Gasteiger partial charge in [0.1, 0.15) is 0 Å². The van der Waals surface area contributed by atoms with Crippen LogP contribution in [0.2, 0.25) is 0 Å². The van der Waals surface area contributed by atoms with Gasteiger partial charge in [-0.25, -0.2) is 0 Å². The van der Waals surface area contributed by atoms with Crippen LogP contribution in [0.3, 0.4) is 0 Å². The molecular weight excluding hydrogens is 320 g/mol. The van der Waals surface area contributed by atoms with E-state index in [0.717, 1.165) is 12.0 Å². The first-order valence-electron chi connectivity index (χ1n) is 8.46. The van der Waals surface area contributed by atoms with Crippen molar-refractivity contribution in [3.8, 4) is 11.5 Å². The van der Waals surface area contributed by atoms with Crippen molar-refractivity contribution in [1.29, 1.82) is 0 Å². The number of nitrogens with zero attached hydrogens (tertiary/aromatic N) is 2. The molecule has 1 N–H and O–H groups in total. The Morgan fingerprint density at radius 1 is 1.40 bits per heavy atom. The number of likely N-dealkylation sites (tertiary alicyclic amines) is 1. The monoisotopic (exact) mass is 348 g/mol. The molecule has 6 nitrogen and oxygen atoms in total. The van der Waals surface area contributed by atoms with E-state index in [9.17, 15) is 9.90 Å². The molecule has 1 aliphatic heterocycles. The van der Waals surface area contributed by atoms with Crippen molar-refractivity contribution >= 4 is 5.91 Å². The summed E-state index contributed by atoms with van der Waals surface area (Å²) in [6.07, 6.45) is 2.99. The number of rotatable bonds is 8. The predicted octanol–water partition coefficient (Wildman–Crippen LogP) is 1.68. The van der Waals surface area contributed by atoms with Gasteiger partial charge >= 0.3 is 0 Å². The van der Waals surface area contributed by atoms with Crippen LogP contribution in [-0.4, -0.2) is 67.3 Å². The molecular formula is C19H28N2O4. The molecule has 138 valence electrons. The minimum atomic E-state index is -1.36. The predicted molar refractivity (Wildman–Crippen MR) is 96.8 cm³/mol. The number of hydrogen-bond donors (Lipinski definition) is 1. The normalized spacial score (nSPS) is 20.7. The smallest absolute Gasteiger partial charge is 0.256 e. The van der Waals surface area contributed by atoms with Gasteiger partial charge in [0.2, 0.25) is 0 Å². The maximum atomic E-state index is 12.9. The summed E-state index contributed by atoms with van der Waals surface area (Å²) < 4.78 is 10.8. The SMILES string of the molecule is C=CCN(C)C[C@]1(O)CCCN(Cc2cccc(OC)c2OC)C1=O. The molecule has 1 amide bonds. The number of amides is 1. The van der Waals surface area contributed by atoms with Crippen molar-refractivity contribution < 1.29 is 19.4 Å². The van der Waals surface area contributed by atoms with Crippen LogP contribution in [-0.2, 0) is 11.3 Å². The highest BCUT2D eigenvalue weighted by Gasteiger charge is 2.42. The average molecular weight is 348 g/mol. The maximum Gasteiger partial charge on any atom is 0.256 e. The second-order valence-electron chi connectivity index (χ2n) is 6.50. The number of ether oxygens (including phenoxy) is 2. The van der Waals surface area contributed by atoms with Crippen LogP contribution in [0, 0.1) is 0 Å². The number of methoxy groups -OCH3 is 2. The van der Waals surface area contributed by atoms with Crippen LogP contribution >= 0.6 is 0 Å². The van der Waals surface area contributed by atoms with Crippen molar-refractivity contribution in [2.24, 2.45) is 0 Å². The second kappa shape index (κ2) is 8.36. The molecule has 0 spiro atoms. The number of carbonyl (C=O) groups excluding carboxylic acids is 1. The van der Waals surface area contributed by atoms with E-state index in [4.69, 9.17) is 9.47 Å². The number of piperidine rings is 1. The standard InChI is InChI=1S/C19H28N2O4/c1-5-11-20(2)14-19(23)10-7-12-21(18(19)22)13-15-8-6-9-16(24-3)17(15)25-4/h5-6,8-9,23H,1,7,10-14H2,2-4H3/t19-/m1/s1. The number of carbonyl (C=O) groups is 1. The Kier molecular flexibility index (Phi) is 6.45. The summed E-state index contributed by atoms with van der Waals surface area (Å²) in [6.45, 7) is 5.62. The lowest BCUT2D eigenvalue weighted by Gasteiger charge is -2.40. The number of benzene rings is 1. The van der Waals surface area contributed by atoms with Crippen LogP contribution in [0.25, 0.3) is 0 Å². The third-order valence-corrected chi connectivity index (χ3v) is 4.52. The molecule has 1 aromatic rings. The Morgan fingerprint density at radius 2 is 2.16 bits per heavy atom. The lowest BCUT2D eigenvalue weighted by Crippen LogP contribution is -2.57. The van der Waals surface area contributed by atoms with Crippen molar-refractivity contribution in [2.45, 2.75) is 25.0 Å². The summed E-state index contributed by atoms with van der Waals surface area (Å²) in [6, 6.07) is 5.60. The Labute approximate surface area is 149 Å². The van der Waals surface area contributed by atoms with Crippen molar-refractivity contribution in [3.63, 3.8) is 0 Å². The van der Waals surface area contributed by atoms with Gasteiger partial charge in [-0.2, -0.15) is 0 Å². The molecule has 0 saturated carbocycles. The Morgan fingerprint density at radius 3 is 2.80 bits per heavy atom. The van der Waals surface area contributed by atoms with Crippen molar-refractivity contribution in [3.05, 3.63) is 36.4 Å². The van der Waals surface area contributed by atoms with Gasteiger partial charge in [-0.15, -0.1) is 6.58 Å². The zero-order chi connectivity index (χ0) is 18.4. The van der Waals surface area contributed by atoms with Crippen LogP contribution in [0.15, 0.2) is 30.9 Å². The summed E-state index contributed by atoms with van der Waals surface area (Å²) in [5.74, 6) is 1.01. The van der Waals surface area contributed by atoms with Gasteiger partial charge in [0.05, 0.1) is 14.2 Å². The Hall–Kier alpha value is -2.05. The van der Waals surface area contributed by atoms with E-state index in [2.05, 4.69) is 6.58 Å². The summed E-state index contributed by atoms with van der Waals surface area (Å²) in [4.78, 5) is 16.5. The number of aliphatic hydroxyl groups is 1. The number of likely N-dealkylation sites (N-methyl/N-ethyl adjacent to an activating group) is 1. The first kappa shape index (κ1) is 19.3. The largest absolute Gasteiger partial charge is 0.493 e. The quantitative estimate of drug-likeness (QED) is 0.724. The fraction of sp³-hybridized carbons (Fsp3) is 0.526. The molecule has 0 unspecified atom stereocenters. The van der Waals surface area contributed by atoms with E-state index >= 15 is 0 Å². The molecule has 25 heavy (non-hydrogen) atoms. The van der Waals surface area contributed by atoms with Gasteiger partial charge < -0.3 is 19.5 Å². The van der Waals surface area contributed by atoms with Crippen LogP contribution < -0.4 is 9.47 Å². The number of para-hydroxylation sites is 1. The maximum absolute atomic E-state index is 12.9. The highest BCUT2D eigenvalue weighted by molar-refractivity contribution is 5.86. The molecule has 1 heterocycles. The van der Waals surface area contributed by atoms with Crippen LogP contribution in [0.5, 0.6) is 11.5 Å². The minimum Gasteiger partial charge on any atom is -0.493 e. The van der Waals surface area contributed by atoms with Gasteiger partial charge in [0.15, 0.2) is 17.1 Å². The summed E-state index contributed by atoms with van der Waals surface area (Å²) in [5.41, 5.74) is -0.499. The fourth-order valence-corrected chi connectivity index (χ4v) is 3.38. The van der Waals surface area contributed by atoms with Crippen LogP contribution in [0.1, 0.15) is 18.4 Å². The summed E-state index contributed by atoms with van der Waals surface area (Å²) in [5, 5.41) is 10.9. The van der Waals surface area contributed by atoms with Gasteiger partial charge in [-0.05, 0) is 26.0 Å². The summed E-state index contributed by atoms with van der Waals surface area (Å²) >= 11 is 0. The fourth-order valence-electron chi connectivity index (χ4n) is 3.38. The molecule has 2 rings (SSSR count). The van der Waals surface area contributed by atoms with Crippen molar-refractivity contribution in [2.75, 3.05) is 40.9 Å². The topological polar surface area (TPSA) is 62.2 Å². The van der Waals surface area contributed by atoms with E-state index in [0.29, 0.717) is 44.1 Å². The molecule has 0 aromatic heterocycles. The molecule has 1 aliphatic rings. The van der Waals surface area contributed by atoms with E-state index in [-0.39, 0.29) is 5.91 Å². The highest BCUT2D eigenvalue weighted by atomic mass is 16.5. The van der Waals surface area contributed by atoms with Gasteiger partial charge in [-0.1, -0.05) is 18.2 Å². The lowest BCUT2D eigenvalue weighted by atomic mass is 9.90. The Bertz CT molecular complexity index is 619. The second-order valence-corrected chi connectivity index (χ2v) is 6.50. The highest BCUT2D eigenvalue weighted by Crippen LogP contribution is 2.33. The van der Waals surface area contributed by atoms with E-state index in [1.54, 1.807) is 25.2 Å². The molecule has 1 fully saturated rings. The molecule has 0 bridgehead atoms. The van der Waals surface area contributed by atoms with E-state index < -0.39 is 5.60 Å². The third-order valence-electron chi connectivity index (χ3n) is 4.52. The summed E-state index contributed by atoms with van der Waals surface area (Å²) in [7, 11) is 5.04. The molecule has 6 heteroatoms. The first-order chi connectivity index (χ1) is 11.9. The molecule has 0 radical (unpaired) electrons. The molecule has 0 aliphatic carbocycles. The zero-order valence-electron chi connectivity index (χ0n) is 15.3. The molecule has 1 saturated heterocycles. The van der Waals surface area contributed by atoms with Crippen molar-refractivity contribution in [1.82, 2.24) is 9.80 Å². The molecule has 1 aromatic carbocycles. The number of hydrogen-bond acceptors (Lipinski definition) is 5. The van der Waals surface area contributed by atoms with Gasteiger partial charge in [0.25, 0.3) is 5.91 Å². The van der Waals surface area contributed by atoms with E-state index in [1.807, 2.05) is 30.1 Å². The minimum absolute atomic E-state index is 0.237. The van der Waals surface area contributed by atoms with E-state index in [1.165, 1.54) is 0 Å². The van der Waals surface area contributed by atoms with Crippen LogP contribution in [0.4, 0.5) is 0 Å². The first-order valence-corrected chi connectivity index (χ1v) is 8.46. The average Bonchev–Trinajstić information content (AvgIpc) is 2.59. The third kappa shape index (κ3) is 4.32. The zero-order valence-corrected chi connectivity index (χ0v) is 15.3.